The Morgan fingerprint density at radius 2 is 1.84 bits per heavy atom. The number of hydrogen-bond acceptors (Lipinski definition) is 6. The summed E-state index contributed by atoms with van der Waals surface area (Å²) in [7, 11) is 1.72. The summed E-state index contributed by atoms with van der Waals surface area (Å²) < 4.78 is 0. The van der Waals surface area contributed by atoms with Gasteiger partial charge in [0.2, 0.25) is 0 Å². The molecule has 0 heterocycles. The van der Waals surface area contributed by atoms with Crippen molar-refractivity contribution >= 4 is 36.1 Å². The molecule has 0 atom stereocenters. The van der Waals surface area contributed by atoms with E-state index < -0.39 is 5.97 Å². The number of nitrogens with one attached hydrogen (secondary N) is 3. The topological polar surface area (TPSA) is 140 Å². The van der Waals surface area contributed by atoms with E-state index in [4.69, 9.17) is 26.5 Å². The van der Waals surface area contributed by atoms with Gasteiger partial charge in [-0.25, -0.2) is 4.79 Å². The normalized spacial score (nSPS) is 7.68. The number of rotatable bonds is 3. The molecule has 0 aromatic heterocycles. The van der Waals surface area contributed by atoms with Crippen molar-refractivity contribution in [3.8, 4) is 0 Å². The number of aldehydes is 1. The Balaban J connectivity index is 0. The molecule has 1 rings (SSSR count). The van der Waals surface area contributed by atoms with Gasteiger partial charge in [0.1, 0.15) is 6.29 Å². The largest absolute Gasteiger partial charge is 0.478 e. The molecule has 0 aliphatic carbocycles. The standard InChI is InChI=1S/C8H10N2O2.C2H4N2.C2H4O/c1-10-5-2-3-7(9)6(4-5)8(11)12;3-1-2-4;1-2-3/h2-4,10H,9H2,1H3,(H,11,12);1-4H;2H,1H3. The van der Waals surface area contributed by atoms with Crippen LogP contribution in [0.3, 0.4) is 0 Å². The van der Waals surface area contributed by atoms with E-state index in [0.29, 0.717) is 0 Å². The SMILES string of the molecule is CC=O.CNc1ccc(N)c(C(=O)O)c1.N=CC=N. The molecule has 1 aromatic rings. The van der Waals surface area contributed by atoms with E-state index >= 15 is 0 Å². The van der Waals surface area contributed by atoms with Crippen molar-refractivity contribution < 1.29 is 14.7 Å². The van der Waals surface area contributed by atoms with Crippen LogP contribution in [-0.4, -0.2) is 36.8 Å². The molecule has 0 aliphatic rings. The van der Waals surface area contributed by atoms with Crippen molar-refractivity contribution in [2.24, 2.45) is 0 Å². The van der Waals surface area contributed by atoms with Crippen LogP contribution < -0.4 is 11.1 Å². The number of anilines is 2. The summed E-state index contributed by atoms with van der Waals surface area (Å²) in [6.07, 6.45) is 2.58. The van der Waals surface area contributed by atoms with Crippen molar-refractivity contribution in [2.75, 3.05) is 18.1 Å². The van der Waals surface area contributed by atoms with Gasteiger partial charge in [-0.1, -0.05) is 0 Å². The predicted octanol–water partition coefficient (Wildman–Crippen LogP) is 1.50. The molecule has 0 saturated carbocycles. The first-order valence-electron chi connectivity index (χ1n) is 5.18. The molecular weight excluding hydrogens is 248 g/mol. The van der Waals surface area contributed by atoms with Crippen LogP contribution in [0.2, 0.25) is 0 Å². The van der Waals surface area contributed by atoms with Crippen LogP contribution >= 0.6 is 0 Å². The van der Waals surface area contributed by atoms with Gasteiger partial charge in [0.25, 0.3) is 0 Å². The maximum absolute atomic E-state index is 10.6. The summed E-state index contributed by atoms with van der Waals surface area (Å²) in [6, 6.07) is 4.79. The summed E-state index contributed by atoms with van der Waals surface area (Å²) in [5.41, 5.74) is 6.58. The molecule has 7 heteroatoms. The fourth-order valence-electron chi connectivity index (χ4n) is 0.897. The Morgan fingerprint density at radius 3 is 2.16 bits per heavy atom. The summed E-state index contributed by atoms with van der Waals surface area (Å²) in [6.45, 7) is 1.44. The highest BCUT2D eigenvalue weighted by atomic mass is 16.4. The van der Waals surface area contributed by atoms with Gasteiger partial charge < -0.3 is 31.8 Å². The molecule has 0 radical (unpaired) electrons. The van der Waals surface area contributed by atoms with E-state index in [1.807, 2.05) is 0 Å². The van der Waals surface area contributed by atoms with Gasteiger partial charge in [-0.15, -0.1) is 0 Å². The summed E-state index contributed by atoms with van der Waals surface area (Å²) in [4.78, 5) is 19.4. The number of aromatic carboxylic acids is 1. The number of nitrogen functional groups attached to an aromatic ring is 1. The van der Waals surface area contributed by atoms with Gasteiger partial charge in [-0.05, 0) is 25.1 Å². The Morgan fingerprint density at radius 1 is 1.37 bits per heavy atom. The zero-order valence-electron chi connectivity index (χ0n) is 10.8. The number of carboxylic acid groups (broad SMARTS) is 1. The predicted molar refractivity (Wildman–Crippen MR) is 76.7 cm³/mol. The monoisotopic (exact) mass is 266 g/mol. The minimum absolute atomic E-state index is 0.127. The van der Waals surface area contributed by atoms with Crippen molar-refractivity contribution in [2.45, 2.75) is 6.92 Å². The second kappa shape index (κ2) is 11.8. The fraction of sp³-hybridized carbons (Fsp3) is 0.167. The Labute approximate surface area is 111 Å². The van der Waals surface area contributed by atoms with Crippen LogP contribution in [0.25, 0.3) is 0 Å². The van der Waals surface area contributed by atoms with Crippen LogP contribution in [0, 0.1) is 10.8 Å². The summed E-state index contributed by atoms with van der Waals surface area (Å²) in [5.74, 6) is -1.01. The summed E-state index contributed by atoms with van der Waals surface area (Å²) in [5, 5.41) is 23.7. The first-order valence-corrected chi connectivity index (χ1v) is 5.18. The number of nitrogens with two attached hydrogens (primary N) is 1. The minimum Gasteiger partial charge on any atom is -0.478 e. The first-order chi connectivity index (χ1) is 8.98. The third-order valence-electron chi connectivity index (χ3n) is 1.66. The Hall–Kier alpha value is -2.70. The number of carboxylic acids is 1. The van der Waals surface area contributed by atoms with Gasteiger partial charge in [-0.2, -0.15) is 0 Å². The van der Waals surface area contributed by atoms with Crippen LogP contribution in [0.5, 0.6) is 0 Å². The third-order valence-corrected chi connectivity index (χ3v) is 1.66. The van der Waals surface area contributed by atoms with E-state index in [1.54, 1.807) is 19.2 Å². The van der Waals surface area contributed by atoms with E-state index in [2.05, 4.69) is 5.32 Å². The third kappa shape index (κ3) is 9.04. The molecule has 104 valence electrons. The Kier molecular flexibility index (Phi) is 11.6. The highest BCUT2D eigenvalue weighted by Crippen LogP contribution is 2.16. The zero-order chi connectivity index (χ0) is 15.3. The molecule has 0 bridgehead atoms. The average molecular weight is 266 g/mol. The van der Waals surface area contributed by atoms with Crippen LogP contribution in [0.4, 0.5) is 11.4 Å². The lowest BCUT2D eigenvalue weighted by molar-refractivity contribution is -0.106. The molecule has 0 fully saturated rings. The van der Waals surface area contributed by atoms with E-state index in [1.165, 1.54) is 13.0 Å². The van der Waals surface area contributed by atoms with Gasteiger partial charge in [0, 0.05) is 30.9 Å². The summed E-state index contributed by atoms with van der Waals surface area (Å²) >= 11 is 0. The lowest BCUT2D eigenvalue weighted by Crippen LogP contribution is -2.03. The van der Waals surface area contributed by atoms with Crippen molar-refractivity contribution in [3.05, 3.63) is 23.8 Å². The molecule has 0 spiro atoms. The van der Waals surface area contributed by atoms with Gasteiger partial charge in [0.05, 0.1) is 5.56 Å². The quantitative estimate of drug-likeness (QED) is 0.320. The number of benzene rings is 1. The van der Waals surface area contributed by atoms with E-state index in [0.717, 1.165) is 24.4 Å². The minimum atomic E-state index is -1.01. The van der Waals surface area contributed by atoms with Crippen LogP contribution in [-0.2, 0) is 4.79 Å². The molecule has 0 aliphatic heterocycles. The average Bonchev–Trinajstić information content (AvgIpc) is 2.40. The second-order valence-corrected chi connectivity index (χ2v) is 2.93. The highest BCUT2D eigenvalue weighted by Gasteiger charge is 2.07. The molecule has 6 N–H and O–H groups in total. The lowest BCUT2D eigenvalue weighted by Gasteiger charge is -2.03. The molecule has 0 amide bonds. The smallest absolute Gasteiger partial charge is 0.337 e. The highest BCUT2D eigenvalue weighted by molar-refractivity contribution is 6.12. The maximum Gasteiger partial charge on any atom is 0.337 e. The van der Waals surface area contributed by atoms with E-state index in [-0.39, 0.29) is 11.3 Å². The molecule has 1 aromatic carbocycles. The maximum atomic E-state index is 10.6. The second-order valence-electron chi connectivity index (χ2n) is 2.93. The Bertz CT molecular complexity index is 427. The molecule has 0 saturated heterocycles. The van der Waals surface area contributed by atoms with Crippen molar-refractivity contribution in [1.82, 2.24) is 0 Å². The van der Waals surface area contributed by atoms with Gasteiger partial charge >= 0.3 is 5.97 Å². The molecule has 19 heavy (non-hydrogen) atoms. The molecular formula is C12H18N4O3. The first kappa shape index (κ1) is 18.7. The number of hydrogen-bond donors (Lipinski definition) is 5. The number of carbonyl (C=O) groups excluding carboxylic acids is 1. The van der Waals surface area contributed by atoms with Gasteiger partial charge in [-0.3, -0.25) is 0 Å². The van der Waals surface area contributed by atoms with Gasteiger partial charge in [0.15, 0.2) is 0 Å². The molecule has 0 unspecified atom stereocenters. The van der Waals surface area contributed by atoms with Crippen LogP contribution in [0.15, 0.2) is 18.2 Å². The van der Waals surface area contributed by atoms with E-state index in [9.17, 15) is 4.79 Å². The fourth-order valence-corrected chi connectivity index (χ4v) is 0.897. The van der Waals surface area contributed by atoms with Crippen molar-refractivity contribution in [1.29, 1.82) is 10.8 Å². The van der Waals surface area contributed by atoms with Crippen LogP contribution in [0.1, 0.15) is 17.3 Å². The number of carbonyl (C=O) groups is 2. The molecule has 7 nitrogen and oxygen atoms in total. The zero-order valence-corrected chi connectivity index (χ0v) is 10.8. The lowest BCUT2D eigenvalue weighted by atomic mass is 10.1. The van der Waals surface area contributed by atoms with Crippen molar-refractivity contribution in [3.63, 3.8) is 0 Å².